The molecule has 0 aliphatic rings. The summed E-state index contributed by atoms with van der Waals surface area (Å²) in [5.74, 6) is 0. The van der Waals surface area contributed by atoms with Gasteiger partial charge in [-0.25, -0.2) is 0 Å². The van der Waals surface area contributed by atoms with Crippen LogP contribution in [0.4, 0.5) is 0 Å². The monoisotopic (exact) mass is 173 g/mol. The molecule has 42 valence electrons. The van der Waals surface area contributed by atoms with Crippen LogP contribution in [0.1, 0.15) is 0 Å². The van der Waals surface area contributed by atoms with Gasteiger partial charge < -0.3 is 0 Å². The number of aromatic nitrogens is 1. The molecule has 1 heterocycles. The van der Waals surface area contributed by atoms with E-state index in [1.807, 2.05) is 0 Å². The minimum atomic E-state index is 0.741. The molecule has 0 saturated carbocycles. The third kappa shape index (κ3) is 0.980. The van der Waals surface area contributed by atoms with Gasteiger partial charge in [-0.2, -0.15) is 0 Å². The molecule has 0 amide bonds. The predicted molar refractivity (Wildman–Crippen MR) is 34.3 cm³/mol. The highest BCUT2D eigenvalue weighted by molar-refractivity contribution is 9.10. The average molecular weight is 174 g/mol. The van der Waals surface area contributed by atoms with Crippen molar-refractivity contribution in [3.8, 4) is 0 Å². The molecule has 2 nitrogen and oxygen atoms in total. The Labute approximate surface area is 55.2 Å². The van der Waals surface area contributed by atoms with Crippen molar-refractivity contribution >= 4 is 22.3 Å². The molecule has 0 aromatic carbocycles. The summed E-state index contributed by atoms with van der Waals surface area (Å²) in [6.45, 7) is 0. The van der Waals surface area contributed by atoms with E-state index in [0.717, 1.165) is 10.9 Å². The van der Waals surface area contributed by atoms with Crippen LogP contribution in [0.3, 0.4) is 0 Å². The summed E-state index contributed by atoms with van der Waals surface area (Å²) in [4.78, 5) is 9.96. The lowest BCUT2D eigenvalue weighted by atomic mass is 10.7. The molecule has 0 spiro atoms. The number of nitrogens with zero attached hydrogens (tertiary/aromatic N) is 1. The van der Waals surface area contributed by atoms with Crippen molar-refractivity contribution in [2.24, 2.45) is 0 Å². The maximum Gasteiger partial charge on any atom is 0.217 e. The van der Waals surface area contributed by atoms with E-state index in [4.69, 9.17) is 0 Å². The summed E-state index contributed by atoms with van der Waals surface area (Å²) in [5, 5.41) is 0. The molecule has 1 aromatic rings. The van der Waals surface area contributed by atoms with Crippen LogP contribution in [0, 0.1) is 0 Å². The second-order valence-corrected chi connectivity index (χ2v) is 2.30. The van der Waals surface area contributed by atoms with Gasteiger partial charge in [-0.15, -0.1) is 0 Å². The van der Waals surface area contributed by atoms with Crippen molar-refractivity contribution in [1.82, 2.24) is 4.57 Å². The molecule has 0 fully saturated rings. The molecule has 0 atom stereocenters. The number of halogens is 1. The molecular formula is C5H4BrNO. The Bertz CT molecular complexity index is 194. The summed E-state index contributed by atoms with van der Waals surface area (Å²) < 4.78 is 2.36. The highest BCUT2D eigenvalue weighted by atomic mass is 79.9. The largest absolute Gasteiger partial charge is 0.296 e. The highest BCUT2D eigenvalue weighted by Gasteiger charge is 1.86. The van der Waals surface area contributed by atoms with E-state index >= 15 is 0 Å². The van der Waals surface area contributed by atoms with Gasteiger partial charge in [-0.3, -0.25) is 9.36 Å². The van der Waals surface area contributed by atoms with E-state index in [9.17, 15) is 4.79 Å². The van der Waals surface area contributed by atoms with E-state index in [2.05, 4.69) is 15.9 Å². The summed E-state index contributed by atoms with van der Waals surface area (Å²) in [6, 6.07) is 1.80. The first kappa shape index (κ1) is 5.56. The van der Waals surface area contributed by atoms with Gasteiger partial charge in [-0.1, -0.05) is 0 Å². The van der Waals surface area contributed by atoms with E-state index in [1.165, 1.54) is 4.57 Å². The van der Waals surface area contributed by atoms with Crippen LogP contribution in [0.5, 0.6) is 0 Å². The Balaban J connectivity index is 3.00. The molecule has 0 radical (unpaired) electrons. The third-order valence-corrected chi connectivity index (χ3v) is 1.27. The third-order valence-electron chi connectivity index (χ3n) is 0.800. The number of hydrogen-bond donors (Lipinski definition) is 0. The van der Waals surface area contributed by atoms with Crippen molar-refractivity contribution in [1.29, 1.82) is 0 Å². The minimum absolute atomic E-state index is 0.741. The first-order chi connectivity index (χ1) is 3.83. The van der Waals surface area contributed by atoms with Crippen molar-refractivity contribution < 1.29 is 4.79 Å². The van der Waals surface area contributed by atoms with Crippen LogP contribution >= 0.6 is 15.9 Å². The van der Waals surface area contributed by atoms with Gasteiger partial charge in [0.05, 0.1) is 0 Å². The Kier molecular flexibility index (Phi) is 1.48. The molecule has 3 heteroatoms. The predicted octanol–water partition coefficient (Wildman–Crippen LogP) is 1.29. The molecule has 0 aliphatic heterocycles. The number of carbonyl (C=O) groups is 1. The van der Waals surface area contributed by atoms with E-state index in [0.29, 0.717) is 0 Å². The molecule has 8 heavy (non-hydrogen) atoms. The molecule has 1 rings (SSSR count). The van der Waals surface area contributed by atoms with E-state index in [1.54, 1.807) is 18.5 Å². The first-order valence-electron chi connectivity index (χ1n) is 2.11. The van der Waals surface area contributed by atoms with E-state index in [-0.39, 0.29) is 0 Å². The van der Waals surface area contributed by atoms with Gasteiger partial charge in [0.2, 0.25) is 6.41 Å². The smallest absolute Gasteiger partial charge is 0.217 e. The highest BCUT2D eigenvalue weighted by Crippen LogP contribution is 2.06. The molecule has 0 N–H and O–H groups in total. The quantitative estimate of drug-likeness (QED) is 0.588. The van der Waals surface area contributed by atoms with E-state index < -0.39 is 0 Å². The topological polar surface area (TPSA) is 22.0 Å². The number of rotatable bonds is 1. The van der Waals surface area contributed by atoms with Gasteiger partial charge in [0.1, 0.15) is 0 Å². The maximum atomic E-state index is 9.96. The standard InChI is InChI=1S/C5H4BrNO/c6-5-1-2-7(3-5)4-8/h1-4H. The lowest BCUT2D eigenvalue weighted by molar-refractivity contribution is 0.547. The summed E-state index contributed by atoms with van der Waals surface area (Å²) in [6.07, 6.45) is 4.11. The Morgan fingerprint density at radius 1 is 1.75 bits per heavy atom. The molecule has 1 aromatic heterocycles. The van der Waals surface area contributed by atoms with Crippen LogP contribution in [-0.4, -0.2) is 11.0 Å². The van der Waals surface area contributed by atoms with Crippen LogP contribution in [0.25, 0.3) is 0 Å². The zero-order valence-corrected chi connectivity index (χ0v) is 5.63. The van der Waals surface area contributed by atoms with Crippen LogP contribution in [-0.2, 0) is 4.79 Å². The second kappa shape index (κ2) is 2.13. The fourth-order valence-corrected chi connectivity index (χ4v) is 0.806. The van der Waals surface area contributed by atoms with Crippen molar-refractivity contribution in [3.63, 3.8) is 0 Å². The number of carbonyl (C=O) groups excluding carboxylic acids is 1. The number of hydrogen-bond acceptors (Lipinski definition) is 1. The van der Waals surface area contributed by atoms with Crippen molar-refractivity contribution in [3.05, 3.63) is 22.9 Å². The summed E-state index contributed by atoms with van der Waals surface area (Å²) in [7, 11) is 0. The fourth-order valence-electron chi connectivity index (χ4n) is 0.451. The van der Waals surface area contributed by atoms with Crippen molar-refractivity contribution in [2.45, 2.75) is 0 Å². The minimum Gasteiger partial charge on any atom is -0.296 e. The SMILES string of the molecule is O=Cn1ccc(Br)c1. The van der Waals surface area contributed by atoms with Gasteiger partial charge in [0.25, 0.3) is 0 Å². The lowest BCUT2D eigenvalue weighted by Gasteiger charge is -1.79. The van der Waals surface area contributed by atoms with Crippen molar-refractivity contribution in [2.75, 3.05) is 0 Å². The first-order valence-corrected chi connectivity index (χ1v) is 2.90. The molecule has 0 saturated heterocycles. The zero-order valence-electron chi connectivity index (χ0n) is 4.04. The second-order valence-electron chi connectivity index (χ2n) is 1.38. The van der Waals surface area contributed by atoms with Gasteiger partial charge >= 0.3 is 0 Å². The van der Waals surface area contributed by atoms with Crippen LogP contribution in [0.2, 0.25) is 0 Å². The van der Waals surface area contributed by atoms with Gasteiger partial charge in [0.15, 0.2) is 0 Å². The average Bonchev–Trinajstić information content (AvgIpc) is 2.14. The van der Waals surface area contributed by atoms with Gasteiger partial charge in [0, 0.05) is 16.9 Å². The Hall–Kier alpha value is -0.570. The summed E-state index contributed by atoms with van der Waals surface area (Å²) >= 11 is 3.19. The zero-order chi connectivity index (χ0) is 5.98. The fraction of sp³-hybridized carbons (Fsp3) is 0. The van der Waals surface area contributed by atoms with Crippen LogP contribution in [0.15, 0.2) is 22.9 Å². The molecule has 0 unspecified atom stereocenters. The normalized spacial score (nSPS) is 9.12. The Morgan fingerprint density at radius 3 is 2.75 bits per heavy atom. The van der Waals surface area contributed by atoms with Crippen LogP contribution < -0.4 is 0 Å². The van der Waals surface area contributed by atoms with Gasteiger partial charge in [-0.05, 0) is 22.0 Å². The molecule has 0 aliphatic carbocycles. The summed E-state index contributed by atoms with van der Waals surface area (Å²) in [5.41, 5.74) is 0. The molecule has 0 bridgehead atoms. The lowest BCUT2D eigenvalue weighted by Crippen LogP contribution is -1.86. The maximum absolute atomic E-state index is 9.96. The molecular weight excluding hydrogens is 170 g/mol. The Morgan fingerprint density at radius 2 is 2.50 bits per heavy atom.